The monoisotopic (exact) mass is 415 g/mol. The van der Waals surface area contributed by atoms with Gasteiger partial charge < -0.3 is 14.9 Å². The van der Waals surface area contributed by atoms with Gasteiger partial charge in [0.25, 0.3) is 11.2 Å². The van der Waals surface area contributed by atoms with Gasteiger partial charge in [0.15, 0.2) is 11.4 Å². The van der Waals surface area contributed by atoms with E-state index in [9.17, 15) is 30.1 Å². The summed E-state index contributed by atoms with van der Waals surface area (Å²) in [5.41, 5.74) is -1.83. The molecule has 12 nitrogen and oxygen atoms in total. The van der Waals surface area contributed by atoms with Crippen LogP contribution in [0.4, 0.5) is 17.1 Å². The number of carboxylic acid groups (broad SMARTS) is 1. The zero-order chi connectivity index (χ0) is 22.4. The number of aromatic nitrogens is 1. The second-order valence-electron chi connectivity index (χ2n) is 6.05. The van der Waals surface area contributed by atoms with Crippen LogP contribution in [0.15, 0.2) is 33.2 Å². The summed E-state index contributed by atoms with van der Waals surface area (Å²) in [4.78, 5) is 33.7. The first-order valence-corrected chi connectivity index (χ1v) is 8.53. The second kappa shape index (κ2) is 9.28. The first-order chi connectivity index (χ1) is 14.2. The van der Waals surface area contributed by atoms with Crippen molar-refractivity contribution in [1.29, 1.82) is 5.26 Å². The van der Waals surface area contributed by atoms with Crippen molar-refractivity contribution in [2.24, 2.45) is 10.2 Å². The van der Waals surface area contributed by atoms with Gasteiger partial charge in [0.1, 0.15) is 17.4 Å². The molecule has 0 aliphatic rings. The van der Waals surface area contributed by atoms with E-state index in [0.29, 0.717) is 0 Å². The molecule has 156 valence electrons. The van der Waals surface area contributed by atoms with Gasteiger partial charge >= 0.3 is 5.97 Å². The predicted octanol–water partition coefficient (Wildman–Crippen LogP) is 2.93. The number of nitro groups is 1. The molecule has 0 saturated carbocycles. The molecule has 0 aliphatic carbocycles. The van der Waals surface area contributed by atoms with E-state index < -0.39 is 28.0 Å². The summed E-state index contributed by atoms with van der Waals surface area (Å²) in [6.45, 7) is 1.20. The van der Waals surface area contributed by atoms with E-state index in [1.807, 2.05) is 0 Å². The van der Waals surface area contributed by atoms with Crippen LogP contribution in [0.3, 0.4) is 0 Å². The third-order valence-corrected chi connectivity index (χ3v) is 4.18. The zero-order valence-electron chi connectivity index (χ0n) is 16.0. The van der Waals surface area contributed by atoms with Crippen LogP contribution >= 0.6 is 0 Å². The number of aromatic hydroxyl groups is 1. The van der Waals surface area contributed by atoms with E-state index in [4.69, 9.17) is 9.84 Å². The molecule has 1 heterocycles. The minimum absolute atomic E-state index is 0.0251. The maximum Gasteiger partial charge on any atom is 0.303 e. The maximum atomic E-state index is 12.4. The van der Waals surface area contributed by atoms with E-state index in [2.05, 4.69) is 10.2 Å². The summed E-state index contributed by atoms with van der Waals surface area (Å²) in [6.07, 6.45) is -0.228. The highest BCUT2D eigenvalue weighted by Gasteiger charge is 2.20. The number of nitro benzene ring substituents is 1. The Morgan fingerprint density at radius 1 is 1.40 bits per heavy atom. The fraction of sp³-hybridized carbons (Fsp3) is 0.278. The smallest absolute Gasteiger partial charge is 0.303 e. The van der Waals surface area contributed by atoms with Crippen molar-refractivity contribution in [2.45, 2.75) is 26.3 Å². The molecule has 30 heavy (non-hydrogen) atoms. The molecule has 0 amide bonds. The van der Waals surface area contributed by atoms with E-state index >= 15 is 0 Å². The molecule has 0 saturated heterocycles. The Bertz CT molecular complexity index is 1130. The molecule has 2 rings (SSSR count). The molecular formula is C18H17N5O7. The van der Waals surface area contributed by atoms with Crippen molar-refractivity contribution in [2.75, 3.05) is 7.11 Å². The van der Waals surface area contributed by atoms with Gasteiger partial charge in [0.2, 0.25) is 5.88 Å². The molecule has 2 N–H and O–H groups in total. The Hall–Kier alpha value is -4.27. The van der Waals surface area contributed by atoms with Gasteiger partial charge in [-0.25, -0.2) is 0 Å². The lowest BCUT2D eigenvalue weighted by Crippen LogP contribution is -2.24. The summed E-state index contributed by atoms with van der Waals surface area (Å²) in [5, 5.41) is 47.4. The second-order valence-corrected chi connectivity index (χ2v) is 6.05. The molecule has 0 spiro atoms. The van der Waals surface area contributed by atoms with Crippen molar-refractivity contribution in [1.82, 2.24) is 4.57 Å². The number of pyridine rings is 1. The highest BCUT2D eigenvalue weighted by Crippen LogP contribution is 2.36. The van der Waals surface area contributed by atoms with Crippen molar-refractivity contribution >= 4 is 23.0 Å². The van der Waals surface area contributed by atoms with Crippen LogP contribution < -0.4 is 10.3 Å². The van der Waals surface area contributed by atoms with Gasteiger partial charge in [0, 0.05) is 18.5 Å². The van der Waals surface area contributed by atoms with Crippen molar-refractivity contribution in [3.05, 3.63) is 49.8 Å². The number of rotatable bonds is 8. The Morgan fingerprint density at radius 3 is 2.67 bits per heavy atom. The van der Waals surface area contributed by atoms with Crippen molar-refractivity contribution in [3.8, 4) is 17.7 Å². The van der Waals surface area contributed by atoms with Crippen LogP contribution in [-0.2, 0) is 11.3 Å². The molecule has 1 aromatic carbocycles. The maximum absolute atomic E-state index is 12.4. The van der Waals surface area contributed by atoms with E-state index in [1.54, 1.807) is 6.07 Å². The normalized spacial score (nSPS) is 10.7. The minimum Gasteiger partial charge on any atom is -0.496 e. The number of methoxy groups -OCH3 is 1. The molecule has 0 radical (unpaired) electrons. The number of benzene rings is 1. The summed E-state index contributed by atoms with van der Waals surface area (Å²) < 4.78 is 5.77. The Labute approximate surface area is 169 Å². The Morgan fingerprint density at radius 2 is 2.10 bits per heavy atom. The minimum atomic E-state index is -1.08. The number of hydrogen-bond acceptors (Lipinski definition) is 9. The number of azo groups is 1. The number of hydrogen-bond donors (Lipinski definition) is 2. The molecule has 1 aromatic heterocycles. The summed E-state index contributed by atoms with van der Waals surface area (Å²) in [6, 6.07) is 5.60. The first kappa shape index (κ1) is 22.0. The molecule has 12 heteroatoms. The number of aliphatic carboxylic acids is 1. The standard InChI is InChI=1S/C18H17N5O7/c1-10-12(9-19)17(26)22(7-3-4-15(24)25)18(27)16(10)21-20-13-6-5-11(30-2)8-14(13)23(28)29/h5-6,8,27H,3-4,7H2,1-2H3,(H,24,25). The molecule has 2 aromatic rings. The van der Waals surface area contributed by atoms with Crippen LogP contribution in [0.1, 0.15) is 24.0 Å². The zero-order valence-corrected chi connectivity index (χ0v) is 16.0. The van der Waals surface area contributed by atoms with Crippen LogP contribution in [0.2, 0.25) is 0 Å². The van der Waals surface area contributed by atoms with Crippen LogP contribution in [-0.4, -0.2) is 32.8 Å². The van der Waals surface area contributed by atoms with Crippen LogP contribution in [0, 0.1) is 28.4 Å². The number of carbonyl (C=O) groups is 1. The van der Waals surface area contributed by atoms with Crippen LogP contribution in [0.25, 0.3) is 0 Å². The van der Waals surface area contributed by atoms with Gasteiger partial charge in [0.05, 0.1) is 18.1 Å². The average molecular weight is 415 g/mol. The van der Waals surface area contributed by atoms with Crippen LogP contribution in [0.5, 0.6) is 11.6 Å². The molecular weight excluding hydrogens is 398 g/mol. The lowest BCUT2D eigenvalue weighted by molar-refractivity contribution is -0.384. The third-order valence-electron chi connectivity index (χ3n) is 4.18. The van der Waals surface area contributed by atoms with Gasteiger partial charge in [-0.1, -0.05) is 0 Å². The summed E-state index contributed by atoms with van der Waals surface area (Å²) in [5.74, 6) is -1.47. The fourth-order valence-electron chi connectivity index (χ4n) is 2.62. The first-order valence-electron chi connectivity index (χ1n) is 8.53. The van der Waals surface area contributed by atoms with Gasteiger partial charge in [-0.2, -0.15) is 5.26 Å². The van der Waals surface area contributed by atoms with E-state index in [1.165, 1.54) is 26.2 Å². The summed E-state index contributed by atoms with van der Waals surface area (Å²) >= 11 is 0. The van der Waals surface area contributed by atoms with E-state index in [-0.39, 0.29) is 47.6 Å². The van der Waals surface area contributed by atoms with Gasteiger partial charge in [-0.15, -0.1) is 10.2 Å². The van der Waals surface area contributed by atoms with Gasteiger partial charge in [-0.05, 0) is 25.5 Å². The average Bonchev–Trinajstić information content (AvgIpc) is 2.70. The lowest BCUT2D eigenvalue weighted by atomic mass is 10.1. The fourth-order valence-corrected chi connectivity index (χ4v) is 2.62. The molecule has 0 fully saturated rings. The highest BCUT2D eigenvalue weighted by atomic mass is 16.6. The van der Waals surface area contributed by atoms with Crippen molar-refractivity contribution < 1.29 is 24.7 Å². The number of carboxylic acids is 1. The molecule has 0 bridgehead atoms. The predicted molar refractivity (Wildman–Crippen MR) is 103 cm³/mol. The highest BCUT2D eigenvalue weighted by molar-refractivity contribution is 5.66. The quantitative estimate of drug-likeness (QED) is 0.375. The largest absolute Gasteiger partial charge is 0.496 e. The molecule has 0 atom stereocenters. The molecule has 0 aliphatic heterocycles. The molecule has 0 unspecified atom stereocenters. The number of nitrogens with zero attached hydrogens (tertiary/aromatic N) is 5. The lowest BCUT2D eigenvalue weighted by Gasteiger charge is -2.12. The SMILES string of the molecule is COc1ccc(N=Nc2c(C)c(C#N)c(=O)n(CCCC(=O)O)c2O)c([N+](=O)[O-])c1. The number of nitriles is 1. The Balaban J connectivity index is 2.57. The van der Waals surface area contributed by atoms with E-state index in [0.717, 1.165) is 10.6 Å². The topological polar surface area (TPSA) is 180 Å². The van der Waals surface area contributed by atoms with Crippen molar-refractivity contribution in [3.63, 3.8) is 0 Å². The van der Waals surface area contributed by atoms with Gasteiger partial charge in [-0.3, -0.25) is 24.3 Å². The number of ether oxygens (including phenoxy) is 1. The summed E-state index contributed by atoms with van der Waals surface area (Å²) in [7, 11) is 1.35. The Kier molecular flexibility index (Phi) is 6.82. The third kappa shape index (κ3) is 4.58.